The molecule has 2 aliphatic rings. The highest BCUT2D eigenvalue weighted by Crippen LogP contribution is 2.57. The van der Waals surface area contributed by atoms with E-state index in [0.29, 0.717) is 0 Å². The summed E-state index contributed by atoms with van der Waals surface area (Å²) in [5.41, 5.74) is -0.507. The summed E-state index contributed by atoms with van der Waals surface area (Å²) in [4.78, 5) is 22.0. The van der Waals surface area contributed by atoms with Gasteiger partial charge in [0.1, 0.15) is 0 Å². The SMILES string of the molecule is CC(=O)N[C@@H]1CC[C@]2(C(=O)O)CC[C@H]12. The number of carboxylic acids is 1. The Labute approximate surface area is 82.7 Å². The normalized spacial score (nSPS) is 39.8. The van der Waals surface area contributed by atoms with E-state index in [0.717, 1.165) is 25.7 Å². The molecule has 0 aromatic carbocycles. The Hall–Kier alpha value is -1.06. The Morgan fingerprint density at radius 1 is 1.36 bits per heavy atom. The van der Waals surface area contributed by atoms with Gasteiger partial charge in [-0.05, 0) is 31.6 Å². The molecule has 0 spiro atoms. The number of fused-ring (bicyclic) bond motifs is 1. The summed E-state index contributed by atoms with van der Waals surface area (Å²) in [5.74, 6) is -0.561. The van der Waals surface area contributed by atoms with E-state index in [9.17, 15) is 9.59 Å². The lowest BCUT2D eigenvalue weighted by molar-refractivity contribution is -0.159. The zero-order valence-corrected chi connectivity index (χ0v) is 8.25. The molecule has 2 N–H and O–H groups in total. The van der Waals surface area contributed by atoms with Crippen LogP contribution in [0, 0.1) is 11.3 Å². The predicted octanol–water partition coefficient (Wildman–Crippen LogP) is 0.766. The van der Waals surface area contributed by atoms with Gasteiger partial charge in [-0.2, -0.15) is 0 Å². The molecule has 0 unspecified atom stereocenters. The minimum Gasteiger partial charge on any atom is -0.481 e. The highest BCUT2D eigenvalue weighted by molar-refractivity contribution is 5.78. The Morgan fingerprint density at radius 3 is 2.36 bits per heavy atom. The van der Waals surface area contributed by atoms with Gasteiger partial charge in [0.2, 0.25) is 5.91 Å². The number of rotatable bonds is 2. The van der Waals surface area contributed by atoms with E-state index >= 15 is 0 Å². The van der Waals surface area contributed by atoms with Gasteiger partial charge in [-0.3, -0.25) is 9.59 Å². The fourth-order valence-corrected chi connectivity index (χ4v) is 2.98. The van der Waals surface area contributed by atoms with Gasteiger partial charge in [0.05, 0.1) is 5.41 Å². The predicted molar refractivity (Wildman–Crippen MR) is 49.6 cm³/mol. The lowest BCUT2D eigenvalue weighted by Crippen LogP contribution is -2.50. The van der Waals surface area contributed by atoms with E-state index in [1.807, 2.05) is 0 Å². The van der Waals surface area contributed by atoms with Crippen molar-refractivity contribution in [3.8, 4) is 0 Å². The molecule has 2 saturated carbocycles. The fraction of sp³-hybridized carbons (Fsp3) is 0.800. The third-order valence-electron chi connectivity index (χ3n) is 3.81. The van der Waals surface area contributed by atoms with E-state index in [4.69, 9.17) is 5.11 Å². The van der Waals surface area contributed by atoms with Crippen molar-refractivity contribution in [2.75, 3.05) is 0 Å². The second-order valence-corrected chi connectivity index (χ2v) is 4.45. The number of nitrogens with one attached hydrogen (secondary N) is 1. The molecule has 0 aliphatic heterocycles. The molecular formula is C10H15NO3. The first-order valence-corrected chi connectivity index (χ1v) is 5.07. The Bertz CT molecular complexity index is 289. The maximum Gasteiger partial charge on any atom is 0.309 e. The van der Waals surface area contributed by atoms with Gasteiger partial charge in [-0.1, -0.05) is 0 Å². The molecule has 2 fully saturated rings. The fourth-order valence-electron chi connectivity index (χ4n) is 2.98. The quantitative estimate of drug-likeness (QED) is 0.687. The number of amides is 1. The monoisotopic (exact) mass is 197 g/mol. The van der Waals surface area contributed by atoms with E-state index in [1.54, 1.807) is 0 Å². The van der Waals surface area contributed by atoms with E-state index in [2.05, 4.69) is 5.32 Å². The van der Waals surface area contributed by atoms with Gasteiger partial charge in [0.15, 0.2) is 0 Å². The van der Waals surface area contributed by atoms with E-state index in [-0.39, 0.29) is 17.9 Å². The zero-order valence-electron chi connectivity index (χ0n) is 8.25. The molecule has 0 bridgehead atoms. The third kappa shape index (κ3) is 1.13. The molecule has 2 aliphatic carbocycles. The number of hydrogen-bond acceptors (Lipinski definition) is 2. The molecule has 0 saturated heterocycles. The minimum atomic E-state index is -0.679. The number of aliphatic carboxylic acids is 1. The van der Waals surface area contributed by atoms with Crippen LogP contribution in [0.25, 0.3) is 0 Å². The van der Waals surface area contributed by atoms with Crippen LogP contribution < -0.4 is 5.32 Å². The third-order valence-corrected chi connectivity index (χ3v) is 3.81. The van der Waals surface area contributed by atoms with Crippen LogP contribution in [0.4, 0.5) is 0 Å². The molecule has 1 amide bonds. The average molecular weight is 197 g/mol. The molecule has 4 heteroatoms. The summed E-state index contributed by atoms with van der Waals surface area (Å²) in [5, 5.41) is 12.0. The summed E-state index contributed by atoms with van der Waals surface area (Å²) in [6.45, 7) is 1.49. The number of hydrogen-bond donors (Lipinski definition) is 2. The molecule has 2 rings (SSSR count). The van der Waals surface area contributed by atoms with Crippen molar-refractivity contribution in [2.45, 2.75) is 38.6 Å². The highest BCUT2D eigenvalue weighted by Gasteiger charge is 2.59. The summed E-state index contributed by atoms with van der Waals surface area (Å²) in [6.07, 6.45) is 3.26. The summed E-state index contributed by atoms with van der Waals surface area (Å²) in [7, 11) is 0. The van der Waals surface area contributed by atoms with Crippen molar-refractivity contribution in [1.82, 2.24) is 5.32 Å². The smallest absolute Gasteiger partial charge is 0.309 e. The van der Waals surface area contributed by atoms with Crippen LogP contribution in [0.2, 0.25) is 0 Å². The Kier molecular flexibility index (Phi) is 2.01. The molecule has 4 nitrogen and oxygen atoms in total. The lowest BCUT2D eigenvalue weighted by atomic mass is 9.61. The van der Waals surface area contributed by atoms with Crippen LogP contribution in [0.15, 0.2) is 0 Å². The molecule has 0 radical (unpaired) electrons. The van der Waals surface area contributed by atoms with Crippen LogP contribution >= 0.6 is 0 Å². The van der Waals surface area contributed by atoms with Crippen LogP contribution in [0.3, 0.4) is 0 Å². The van der Waals surface area contributed by atoms with Gasteiger partial charge in [-0.25, -0.2) is 0 Å². The van der Waals surface area contributed by atoms with Gasteiger partial charge in [0.25, 0.3) is 0 Å². The van der Waals surface area contributed by atoms with Crippen molar-refractivity contribution in [3.63, 3.8) is 0 Å². The number of carbonyl (C=O) groups excluding carboxylic acids is 1. The standard InChI is InChI=1S/C10H15NO3/c1-6(12)11-8-3-5-10(9(13)14)4-2-7(8)10/h7-8H,2-5H2,1H3,(H,11,12)(H,13,14)/t7-,8-,10-/m1/s1. The van der Waals surface area contributed by atoms with Gasteiger partial charge in [-0.15, -0.1) is 0 Å². The Morgan fingerprint density at radius 2 is 2.00 bits per heavy atom. The van der Waals surface area contributed by atoms with Gasteiger partial charge in [0, 0.05) is 13.0 Å². The maximum atomic E-state index is 11.1. The molecule has 78 valence electrons. The van der Waals surface area contributed by atoms with Crippen molar-refractivity contribution in [1.29, 1.82) is 0 Å². The van der Waals surface area contributed by atoms with Gasteiger partial charge >= 0.3 is 5.97 Å². The molecule has 0 heterocycles. The van der Waals surface area contributed by atoms with Crippen LogP contribution in [0.5, 0.6) is 0 Å². The van der Waals surface area contributed by atoms with Crippen molar-refractivity contribution in [3.05, 3.63) is 0 Å². The number of carbonyl (C=O) groups is 2. The maximum absolute atomic E-state index is 11.1. The number of carboxylic acid groups (broad SMARTS) is 1. The average Bonchev–Trinajstić information content (AvgIpc) is 2.22. The first-order valence-electron chi connectivity index (χ1n) is 5.07. The van der Waals surface area contributed by atoms with Crippen molar-refractivity contribution in [2.24, 2.45) is 11.3 Å². The van der Waals surface area contributed by atoms with Gasteiger partial charge < -0.3 is 10.4 Å². The molecule has 3 atom stereocenters. The van der Waals surface area contributed by atoms with E-state index in [1.165, 1.54) is 6.92 Å². The first-order chi connectivity index (χ1) is 6.56. The van der Waals surface area contributed by atoms with E-state index < -0.39 is 11.4 Å². The van der Waals surface area contributed by atoms with Crippen LogP contribution in [0.1, 0.15) is 32.6 Å². The zero-order chi connectivity index (χ0) is 10.3. The second-order valence-electron chi connectivity index (χ2n) is 4.45. The van der Waals surface area contributed by atoms with Crippen molar-refractivity contribution < 1.29 is 14.7 Å². The largest absolute Gasteiger partial charge is 0.481 e. The molecule has 14 heavy (non-hydrogen) atoms. The van der Waals surface area contributed by atoms with Crippen LogP contribution in [-0.2, 0) is 9.59 Å². The second kappa shape index (κ2) is 2.97. The van der Waals surface area contributed by atoms with Crippen molar-refractivity contribution >= 4 is 11.9 Å². The lowest BCUT2D eigenvalue weighted by Gasteiger charge is -2.43. The summed E-state index contributed by atoms with van der Waals surface area (Å²) < 4.78 is 0. The summed E-state index contributed by atoms with van der Waals surface area (Å²) >= 11 is 0. The highest BCUT2D eigenvalue weighted by atomic mass is 16.4. The molecule has 0 aromatic rings. The Balaban J connectivity index is 2.08. The van der Waals surface area contributed by atoms with Crippen LogP contribution in [-0.4, -0.2) is 23.0 Å². The minimum absolute atomic E-state index is 0.0527. The topological polar surface area (TPSA) is 66.4 Å². The molecule has 0 aromatic heterocycles. The summed E-state index contributed by atoms with van der Waals surface area (Å²) in [6, 6.07) is 0.0948. The first kappa shape index (κ1) is 9.49. The molecular weight excluding hydrogens is 182 g/mol.